The molecule has 0 saturated heterocycles. The number of thioether (sulfide) groups is 1. The topological polar surface area (TPSA) is 86.9 Å². The molecule has 2 heterocycles. The molecular weight excluding hydrogens is 312 g/mol. The van der Waals surface area contributed by atoms with Crippen LogP contribution in [0.3, 0.4) is 0 Å². The fourth-order valence-electron chi connectivity index (χ4n) is 2.27. The highest BCUT2D eigenvalue weighted by Gasteiger charge is 2.24. The molecule has 2 N–H and O–H groups in total. The number of furan rings is 1. The zero-order valence-corrected chi connectivity index (χ0v) is 13.4. The van der Waals surface area contributed by atoms with Crippen molar-refractivity contribution in [1.29, 1.82) is 0 Å². The number of hydrogen-bond donors (Lipinski definition) is 1. The van der Waals surface area contributed by atoms with Gasteiger partial charge in [-0.25, -0.2) is 0 Å². The maximum absolute atomic E-state index is 11.9. The molecule has 0 fully saturated rings. The Labute approximate surface area is 137 Å². The van der Waals surface area contributed by atoms with Crippen LogP contribution in [0.15, 0.2) is 58.3 Å². The summed E-state index contributed by atoms with van der Waals surface area (Å²) in [6, 6.07) is 13.0. The number of aromatic nitrogens is 3. The first-order valence-corrected chi connectivity index (χ1v) is 8.06. The lowest BCUT2D eigenvalue weighted by molar-refractivity contribution is -0.117. The molecule has 1 amide bonds. The summed E-state index contributed by atoms with van der Waals surface area (Å²) < 4.78 is 7.29. The molecule has 1 aromatic carbocycles. The van der Waals surface area contributed by atoms with E-state index in [0.29, 0.717) is 23.3 Å². The number of nitrogens with zero attached hydrogens (tertiary/aromatic N) is 3. The first kappa shape index (κ1) is 15.4. The third-order valence-corrected chi connectivity index (χ3v) is 4.61. The molecule has 0 spiro atoms. The van der Waals surface area contributed by atoms with Crippen molar-refractivity contribution < 1.29 is 9.21 Å². The smallest absolute Gasteiger partial charge is 0.235 e. The highest BCUT2D eigenvalue weighted by atomic mass is 32.2. The third kappa shape index (κ3) is 3.14. The molecule has 0 aliphatic rings. The van der Waals surface area contributed by atoms with Gasteiger partial charge in [-0.2, -0.15) is 0 Å². The van der Waals surface area contributed by atoms with Gasteiger partial charge in [-0.05, 0) is 24.6 Å². The van der Waals surface area contributed by atoms with Crippen LogP contribution in [-0.2, 0) is 11.3 Å². The quantitative estimate of drug-likeness (QED) is 0.703. The average Bonchev–Trinajstić information content (AvgIpc) is 3.21. The van der Waals surface area contributed by atoms with Crippen molar-refractivity contribution in [3.05, 3.63) is 54.3 Å². The lowest BCUT2D eigenvalue weighted by Crippen LogP contribution is -2.19. The van der Waals surface area contributed by atoms with Gasteiger partial charge in [0.05, 0.1) is 6.26 Å². The number of nitrogens with two attached hydrogens (primary N) is 1. The number of hydrogen-bond acceptors (Lipinski definition) is 5. The molecule has 1 atom stereocenters. The minimum Gasteiger partial charge on any atom is -0.461 e. The van der Waals surface area contributed by atoms with Gasteiger partial charge in [0, 0.05) is 6.54 Å². The van der Waals surface area contributed by atoms with Crippen LogP contribution in [0.1, 0.15) is 17.7 Å². The zero-order chi connectivity index (χ0) is 16.2. The SMILES string of the molecule is CCn1c(S[C@@H](C(N)=O)c2ccccc2)nnc1-c1ccco1. The maximum Gasteiger partial charge on any atom is 0.235 e. The van der Waals surface area contributed by atoms with E-state index in [2.05, 4.69) is 10.2 Å². The van der Waals surface area contributed by atoms with Crippen LogP contribution in [0.4, 0.5) is 0 Å². The molecule has 3 rings (SSSR count). The van der Waals surface area contributed by atoms with Crippen molar-refractivity contribution in [1.82, 2.24) is 14.8 Å². The van der Waals surface area contributed by atoms with Gasteiger partial charge in [-0.1, -0.05) is 42.1 Å². The largest absolute Gasteiger partial charge is 0.461 e. The average molecular weight is 328 g/mol. The van der Waals surface area contributed by atoms with Crippen molar-refractivity contribution >= 4 is 17.7 Å². The van der Waals surface area contributed by atoms with E-state index in [4.69, 9.17) is 10.2 Å². The van der Waals surface area contributed by atoms with Crippen LogP contribution >= 0.6 is 11.8 Å². The van der Waals surface area contributed by atoms with E-state index >= 15 is 0 Å². The summed E-state index contributed by atoms with van der Waals surface area (Å²) in [6.45, 7) is 2.65. The van der Waals surface area contributed by atoms with Gasteiger partial charge in [-0.15, -0.1) is 10.2 Å². The lowest BCUT2D eigenvalue weighted by atomic mass is 10.1. The second-order valence-electron chi connectivity index (χ2n) is 4.84. The summed E-state index contributed by atoms with van der Waals surface area (Å²) in [5.74, 6) is 0.865. The molecule has 2 aromatic heterocycles. The van der Waals surface area contributed by atoms with E-state index in [1.165, 1.54) is 11.8 Å². The highest BCUT2D eigenvalue weighted by Crippen LogP contribution is 2.35. The molecule has 23 heavy (non-hydrogen) atoms. The highest BCUT2D eigenvalue weighted by molar-refractivity contribution is 8.00. The zero-order valence-electron chi connectivity index (χ0n) is 12.5. The van der Waals surface area contributed by atoms with E-state index in [1.54, 1.807) is 12.3 Å². The predicted octanol–water partition coefficient (Wildman–Crippen LogP) is 2.88. The molecule has 0 aliphatic carbocycles. The Kier molecular flexibility index (Phi) is 4.47. The van der Waals surface area contributed by atoms with Gasteiger partial charge in [-0.3, -0.25) is 9.36 Å². The molecular formula is C16H16N4O2S. The van der Waals surface area contributed by atoms with Gasteiger partial charge < -0.3 is 10.2 Å². The summed E-state index contributed by atoms with van der Waals surface area (Å²) >= 11 is 1.29. The number of carbonyl (C=O) groups excluding carboxylic acids is 1. The molecule has 0 unspecified atom stereocenters. The molecule has 118 valence electrons. The van der Waals surface area contributed by atoms with Gasteiger partial charge in [0.25, 0.3) is 0 Å². The summed E-state index contributed by atoms with van der Waals surface area (Å²) in [5, 5.41) is 8.49. The van der Waals surface area contributed by atoms with Crippen LogP contribution in [0.2, 0.25) is 0 Å². The van der Waals surface area contributed by atoms with E-state index in [-0.39, 0.29) is 0 Å². The Hall–Kier alpha value is -2.54. The van der Waals surface area contributed by atoms with Crippen LogP contribution in [0, 0.1) is 0 Å². The summed E-state index contributed by atoms with van der Waals surface area (Å²) in [4.78, 5) is 11.9. The van der Waals surface area contributed by atoms with Crippen molar-refractivity contribution in [3.8, 4) is 11.6 Å². The van der Waals surface area contributed by atoms with Crippen LogP contribution in [0.25, 0.3) is 11.6 Å². The predicted molar refractivity (Wildman–Crippen MR) is 87.6 cm³/mol. The van der Waals surface area contributed by atoms with Crippen LogP contribution in [0.5, 0.6) is 0 Å². The molecule has 7 heteroatoms. The molecule has 0 aliphatic heterocycles. The summed E-state index contributed by atoms with van der Waals surface area (Å²) in [5.41, 5.74) is 6.42. The van der Waals surface area contributed by atoms with Crippen LogP contribution < -0.4 is 5.73 Å². The third-order valence-electron chi connectivity index (χ3n) is 3.36. The maximum atomic E-state index is 11.9. The standard InChI is InChI=1S/C16H16N4O2S/c1-2-20-15(12-9-6-10-22-12)18-19-16(20)23-13(14(17)21)11-7-4-3-5-8-11/h3-10,13H,2H2,1H3,(H2,17,21)/t13-/m1/s1. The van der Waals surface area contributed by atoms with E-state index in [0.717, 1.165) is 5.56 Å². The number of amides is 1. The van der Waals surface area contributed by atoms with Gasteiger partial charge in [0.2, 0.25) is 5.91 Å². The first-order valence-electron chi connectivity index (χ1n) is 7.18. The lowest BCUT2D eigenvalue weighted by Gasteiger charge is -2.13. The fourth-order valence-corrected chi connectivity index (χ4v) is 3.32. The minimum atomic E-state index is -0.518. The Balaban J connectivity index is 1.94. The summed E-state index contributed by atoms with van der Waals surface area (Å²) in [7, 11) is 0. The van der Waals surface area contributed by atoms with Gasteiger partial charge in [0.1, 0.15) is 5.25 Å². The minimum absolute atomic E-state index is 0.411. The van der Waals surface area contributed by atoms with Crippen LogP contribution in [-0.4, -0.2) is 20.7 Å². The number of benzene rings is 1. The van der Waals surface area contributed by atoms with Crippen molar-refractivity contribution in [2.75, 3.05) is 0 Å². The van der Waals surface area contributed by atoms with Crippen molar-refractivity contribution in [3.63, 3.8) is 0 Å². The Bertz CT molecular complexity index is 784. The van der Waals surface area contributed by atoms with Crippen molar-refractivity contribution in [2.24, 2.45) is 5.73 Å². The molecule has 0 bridgehead atoms. The van der Waals surface area contributed by atoms with Crippen molar-refractivity contribution in [2.45, 2.75) is 23.9 Å². The number of primary amides is 1. The molecule has 0 radical (unpaired) electrons. The normalized spacial score (nSPS) is 12.2. The number of rotatable bonds is 6. The van der Waals surface area contributed by atoms with E-state index in [9.17, 15) is 4.79 Å². The van der Waals surface area contributed by atoms with E-state index < -0.39 is 11.2 Å². The first-order chi connectivity index (χ1) is 11.2. The molecule has 6 nitrogen and oxygen atoms in total. The second kappa shape index (κ2) is 6.70. The summed E-state index contributed by atoms with van der Waals surface area (Å²) in [6.07, 6.45) is 1.59. The van der Waals surface area contributed by atoms with Gasteiger partial charge >= 0.3 is 0 Å². The monoisotopic (exact) mass is 328 g/mol. The fraction of sp³-hybridized carbons (Fsp3) is 0.188. The van der Waals surface area contributed by atoms with E-state index in [1.807, 2.05) is 47.9 Å². The number of carbonyl (C=O) groups is 1. The Morgan fingerprint density at radius 3 is 2.65 bits per heavy atom. The molecule has 0 saturated carbocycles. The Morgan fingerprint density at radius 2 is 2.04 bits per heavy atom. The Morgan fingerprint density at radius 1 is 1.26 bits per heavy atom. The van der Waals surface area contributed by atoms with Gasteiger partial charge in [0.15, 0.2) is 16.7 Å². The second-order valence-corrected chi connectivity index (χ2v) is 5.91. The molecule has 3 aromatic rings.